The molecular formula is C21H19Br2FN2O3. The second-order valence-electron chi connectivity index (χ2n) is 6.48. The average Bonchev–Trinajstić information content (AvgIpc) is 2.67. The molecule has 0 saturated carbocycles. The summed E-state index contributed by atoms with van der Waals surface area (Å²) < 4.78 is 24.8. The first kappa shape index (κ1) is 23.0. The minimum Gasteiger partial charge on any atom is -0.440 e. The van der Waals surface area contributed by atoms with Gasteiger partial charge in [0, 0.05) is 6.07 Å². The molecule has 2 rings (SSSR count). The van der Waals surface area contributed by atoms with Crippen LogP contribution in [0.1, 0.15) is 32.1 Å². The van der Waals surface area contributed by atoms with Crippen LogP contribution in [0.4, 0.5) is 4.39 Å². The lowest BCUT2D eigenvalue weighted by Gasteiger charge is -2.20. The van der Waals surface area contributed by atoms with Crippen LogP contribution < -0.4 is 4.74 Å². The highest BCUT2D eigenvalue weighted by Gasteiger charge is 2.27. The minimum atomic E-state index is -1.17. The predicted octanol–water partition coefficient (Wildman–Crippen LogP) is 6.41. The Morgan fingerprint density at radius 2 is 1.93 bits per heavy atom. The van der Waals surface area contributed by atoms with Crippen LogP contribution in [0, 0.1) is 29.0 Å². The number of pyridine rings is 1. The van der Waals surface area contributed by atoms with Gasteiger partial charge in [0.2, 0.25) is 12.0 Å². The zero-order chi connectivity index (χ0) is 21.4. The summed E-state index contributed by atoms with van der Waals surface area (Å²) in [6, 6.07) is 12.3. The van der Waals surface area contributed by atoms with Gasteiger partial charge in [-0.1, -0.05) is 26.0 Å². The molecule has 2 aromatic rings. The molecule has 0 fully saturated rings. The fourth-order valence-corrected chi connectivity index (χ4v) is 2.84. The first-order valence-corrected chi connectivity index (χ1v) is 10.4. The first-order valence-electron chi connectivity index (χ1n) is 8.81. The molecule has 0 N–H and O–H groups in total. The third-order valence-corrected chi connectivity index (χ3v) is 4.68. The second-order valence-corrected chi connectivity index (χ2v) is 9.26. The van der Waals surface area contributed by atoms with E-state index in [1.165, 1.54) is 24.3 Å². The van der Waals surface area contributed by atoms with Gasteiger partial charge < -0.3 is 9.47 Å². The number of hydrogen-bond donors (Lipinski definition) is 0. The van der Waals surface area contributed by atoms with E-state index in [-0.39, 0.29) is 23.3 Å². The topological polar surface area (TPSA) is 72.2 Å². The van der Waals surface area contributed by atoms with Crippen molar-refractivity contribution in [1.29, 1.82) is 5.26 Å². The van der Waals surface area contributed by atoms with E-state index in [2.05, 4.69) is 36.8 Å². The van der Waals surface area contributed by atoms with Gasteiger partial charge in [-0.3, -0.25) is 4.79 Å². The van der Waals surface area contributed by atoms with Crippen LogP contribution in [0.3, 0.4) is 0 Å². The Kier molecular flexibility index (Phi) is 8.80. The van der Waals surface area contributed by atoms with Crippen LogP contribution in [0.25, 0.3) is 0 Å². The largest absolute Gasteiger partial charge is 0.440 e. The third-order valence-electron chi connectivity index (χ3n) is 4.03. The minimum absolute atomic E-state index is 0.0264. The van der Waals surface area contributed by atoms with Gasteiger partial charge in [0.05, 0.1) is 15.0 Å². The highest BCUT2D eigenvalue weighted by molar-refractivity contribution is 9.28. The van der Waals surface area contributed by atoms with Crippen molar-refractivity contribution in [3.8, 4) is 17.7 Å². The van der Waals surface area contributed by atoms with Gasteiger partial charge in [-0.2, -0.15) is 5.26 Å². The molecule has 2 atom stereocenters. The number of esters is 1. The molecule has 0 radical (unpaired) electrons. The molecule has 0 aliphatic carbocycles. The number of carbonyl (C=O) groups is 1. The summed E-state index contributed by atoms with van der Waals surface area (Å²) in [6.45, 7) is 3.83. The lowest BCUT2D eigenvalue weighted by Crippen LogP contribution is -2.24. The Hall–Kier alpha value is -2.24. The molecule has 2 unspecified atom stereocenters. The van der Waals surface area contributed by atoms with Gasteiger partial charge in [-0.25, -0.2) is 9.37 Å². The molecule has 1 heterocycles. The number of ether oxygens (including phenoxy) is 2. The Morgan fingerprint density at radius 3 is 2.52 bits per heavy atom. The van der Waals surface area contributed by atoms with Crippen molar-refractivity contribution >= 4 is 37.8 Å². The Morgan fingerprint density at radius 1 is 1.24 bits per heavy atom. The van der Waals surface area contributed by atoms with Crippen LogP contribution >= 0.6 is 31.9 Å². The number of hydrogen-bond acceptors (Lipinski definition) is 5. The van der Waals surface area contributed by atoms with E-state index in [9.17, 15) is 14.4 Å². The Balaban J connectivity index is 2.14. The SMILES string of the molecule is CC(C)C(CC=C(Br)Br)C(=O)OC(C#N)c1cccc(Oc2ccc(F)cc2)n1. The fraction of sp³-hybridized carbons (Fsp3) is 0.286. The van der Waals surface area contributed by atoms with E-state index in [1.54, 1.807) is 18.2 Å². The van der Waals surface area contributed by atoms with Crippen molar-refractivity contribution in [3.63, 3.8) is 0 Å². The van der Waals surface area contributed by atoms with E-state index < -0.39 is 18.0 Å². The first-order chi connectivity index (χ1) is 13.8. The number of aromatic nitrogens is 1. The molecule has 29 heavy (non-hydrogen) atoms. The highest BCUT2D eigenvalue weighted by Crippen LogP contribution is 2.26. The average molecular weight is 526 g/mol. The van der Waals surface area contributed by atoms with Gasteiger partial charge in [-0.05, 0) is 74.5 Å². The number of halogens is 3. The molecule has 0 aliphatic heterocycles. The quantitative estimate of drug-likeness (QED) is 0.372. The van der Waals surface area contributed by atoms with E-state index in [0.717, 1.165) is 3.39 Å². The summed E-state index contributed by atoms with van der Waals surface area (Å²) in [7, 11) is 0. The molecule has 8 heteroatoms. The molecule has 152 valence electrons. The second kappa shape index (κ2) is 11.1. The maximum absolute atomic E-state index is 13.0. The Bertz CT molecular complexity index is 907. The summed E-state index contributed by atoms with van der Waals surface area (Å²) in [6.07, 6.45) is 1.11. The third kappa shape index (κ3) is 7.26. The number of nitriles is 1. The molecule has 5 nitrogen and oxygen atoms in total. The van der Waals surface area contributed by atoms with Crippen LogP contribution in [0.15, 0.2) is 51.9 Å². The van der Waals surface area contributed by atoms with Crippen LogP contribution in [0.5, 0.6) is 11.6 Å². The van der Waals surface area contributed by atoms with Crippen molar-refractivity contribution in [2.75, 3.05) is 0 Å². The predicted molar refractivity (Wildman–Crippen MR) is 114 cm³/mol. The van der Waals surface area contributed by atoms with Crippen molar-refractivity contribution in [1.82, 2.24) is 4.98 Å². The molecule has 0 bridgehead atoms. The van der Waals surface area contributed by atoms with Crippen molar-refractivity contribution < 1.29 is 18.7 Å². The summed E-state index contributed by atoms with van der Waals surface area (Å²) >= 11 is 6.54. The zero-order valence-corrected chi connectivity index (χ0v) is 19.0. The molecule has 0 saturated heterocycles. The summed E-state index contributed by atoms with van der Waals surface area (Å²) in [5, 5.41) is 9.50. The molecule has 0 amide bonds. The summed E-state index contributed by atoms with van der Waals surface area (Å²) in [4.78, 5) is 16.9. The molecule has 1 aromatic carbocycles. The molecule has 0 spiro atoms. The van der Waals surface area contributed by atoms with Crippen molar-refractivity contribution in [2.45, 2.75) is 26.4 Å². The summed E-state index contributed by atoms with van der Waals surface area (Å²) in [5.74, 6) is -0.633. The molecule has 0 aliphatic rings. The zero-order valence-electron chi connectivity index (χ0n) is 15.8. The molecule has 1 aromatic heterocycles. The lowest BCUT2D eigenvalue weighted by molar-refractivity contribution is -0.153. The number of allylic oxidation sites excluding steroid dienone is 1. The van der Waals surface area contributed by atoms with Gasteiger partial charge in [0.15, 0.2) is 0 Å². The van der Waals surface area contributed by atoms with Crippen molar-refractivity contribution in [2.24, 2.45) is 11.8 Å². The number of rotatable bonds is 8. The number of nitrogens with zero attached hydrogens (tertiary/aromatic N) is 2. The lowest BCUT2D eigenvalue weighted by atomic mass is 9.92. The van der Waals surface area contributed by atoms with E-state index in [0.29, 0.717) is 12.2 Å². The van der Waals surface area contributed by atoms with Crippen LogP contribution in [-0.4, -0.2) is 11.0 Å². The van der Waals surface area contributed by atoms with Gasteiger partial charge in [0.25, 0.3) is 0 Å². The maximum atomic E-state index is 13.0. The maximum Gasteiger partial charge on any atom is 0.311 e. The van der Waals surface area contributed by atoms with Crippen LogP contribution in [-0.2, 0) is 9.53 Å². The number of carbonyl (C=O) groups excluding carboxylic acids is 1. The van der Waals surface area contributed by atoms with E-state index in [1.807, 2.05) is 26.0 Å². The Labute approximate surface area is 185 Å². The van der Waals surface area contributed by atoms with Crippen molar-refractivity contribution in [3.05, 3.63) is 63.4 Å². The van der Waals surface area contributed by atoms with E-state index in [4.69, 9.17) is 9.47 Å². The monoisotopic (exact) mass is 524 g/mol. The summed E-state index contributed by atoms with van der Waals surface area (Å²) in [5.41, 5.74) is 0.250. The van der Waals surface area contributed by atoms with E-state index >= 15 is 0 Å². The highest BCUT2D eigenvalue weighted by atomic mass is 79.9. The fourth-order valence-electron chi connectivity index (χ4n) is 2.47. The number of benzene rings is 1. The van der Waals surface area contributed by atoms with Gasteiger partial charge >= 0.3 is 5.97 Å². The van der Waals surface area contributed by atoms with Gasteiger partial charge in [-0.15, -0.1) is 0 Å². The standard InChI is InChI=1S/C21H19Br2FN2O3/c1-13(2)16(10-11-19(22)23)21(27)29-18(12-25)17-4-3-5-20(26-17)28-15-8-6-14(24)7-9-15/h3-9,11,13,16,18H,10H2,1-2H3. The van der Waals surface area contributed by atoms with Gasteiger partial charge in [0.1, 0.15) is 17.6 Å². The molecular weight excluding hydrogens is 507 g/mol. The normalized spacial score (nSPS) is 12.6. The smallest absolute Gasteiger partial charge is 0.311 e. The van der Waals surface area contributed by atoms with Crippen LogP contribution in [0.2, 0.25) is 0 Å².